The lowest BCUT2D eigenvalue weighted by atomic mass is 9.93. The van der Waals surface area contributed by atoms with Crippen molar-refractivity contribution in [2.45, 2.75) is 25.3 Å². The number of rotatable bonds is 1. The first-order valence-electron chi connectivity index (χ1n) is 3.00. The fourth-order valence-corrected chi connectivity index (χ4v) is 0.753. The SMILES string of the molecule is NOC(=O)NC1CCC1. The minimum Gasteiger partial charge on any atom is -0.357 e. The Morgan fingerprint density at radius 1 is 1.67 bits per heavy atom. The Morgan fingerprint density at radius 2 is 2.33 bits per heavy atom. The van der Waals surface area contributed by atoms with Gasteiger partial charge in [0, 0.05) is 6.04 Å². The van der Waals surface area contributed by atoms with Gasteiger partial charge in [0.2, 0.25) is 0 Å². The number of hydrogen-bond donors (Lipinski definition) is 2. The highest BCUT2D eigenvalue weighted by atomic mass is 16.7. The topological polar surface area (TPSA) is 64.3 Å². The summed E-state index contributed by atoms with van der Waals surface area (Å²) >= 11 is 0. The predicted molar refractivity (Wildman–Crippen MR) is 31.4 cm³/mol. The molecule has 1 aliphatic carbocycles. The Labute approximate surface area is 53.3 Å². The summed E-state index contributed by atoms with van der Waals surface area (Å²) in [6.45, 7) is 0. The van der Waals surface area contributed by atoms with Crippen molar-refractivity contribution in [1.82, 2.24) is 5.32 Å². The van der Waals surface area contributed by atoms with E-state index in [4.69, 9.17) is 0 Å². The van der Waals surface area contributed by atoms with Crippen LogP contribution in [0.15, 0.2) is 0 Å². The van der Waals surface area contributed by atoms with Crippen LogP contribution < -0.4 is 11.2 Å². The van der Waals surface area contributed by atoms with E-state index >= 15 is 0 Å². The summed E-state index contributed by atoms with van der Waals surface area (Å²) < 4.78 is 0. The van der Waals surface area contributed by atoms with Crippen LogP contribution in [0.1, 0.15) is 19.3 Å². The van der Waals surface area contributed by atoms with Crippen molar-refractivity contribution in [3.8, 4) is 0 Å². The van der Waals surface area contributed by atoms with Crippen LogP contribution in [0.5, 0.6) is 0 Å². The van der Waals surface area contributed by atoms with Crippen LogP contribution in [0.25, 0.3) is 0 Å². The molecule has 1 amide bonds. The van der Waals surface area contributed by atoms with Crippen LogP contribution in [0.4, 0.5) is 4.79 Å². The van der Waals surface area contributed by atoms with Crippen molar-refractivity contribution in [3.63, 3.8) is 0 Å². The number of hydrogen-bond acceptors (Lipinski definition) is 3. The second-order valence-electron chi connectivity index (χ2n) is 2.18. The molecular formula is C5H10N2O2. The third kappa shape index (κ3) is 1.57. The molecule has 0 heterocycles. The highest BCUT2D eigenvalue weighted by molar-refractivity contribution is 5.67. The van der Waals surface area contributed by atoms with E-state index in [1.54, 1.807) is 0 Å². The number of amides is 1. The molecule has 9 heavy (non-hydrogen) atoms. The predicted octanol–water partition coefficient (Wildman–Crippen LogP) is 0.139. The average Bonchev–Trinajstić information content (AvgIpc) is 1.78. The van der Waals surface area contributed by atoms with Crippen molar-refractivity contribution >= 4 is 6.09 Å². The molecule has 1 saturated carbocycles. The van der Waals surface area contributed by atoms with Gasteiger partial charge in [-0.1, -0.05) is 0 Å². The average molecular weight is 130 g/mol. The Kier molecular flexibility index (Phi) is 1.89. The normalized spacial score (nSPS) is 18.3. The molecule has 0 aromatic carbocycles. The van der Waals surface area contributed by atoms with Crippen molar-refractivity contribution < 1.29 is 9.63 Å². The van der Waals surface area contributed by atoms with Gasteiger partial charge in [-0.05, 0) is 19.3 Å². The lowest BCUT2D eigenvalue weighted by Crippen LogP contribution is -2.40. The Hall–Kier alpha value is -0.770. The third-order valence-corrected chi connectivity index (χ3v) is 1.53. The summed E-state index contributed by atoms with van der Waals surface area (Å²) in [4.78, 5) is 14.3. The van der Waals surface area contributed by atoms with E-state index in [0.717, 1.165) is 12.8 Å². The minimum absolute atomic E-state index is 0.307. The lowest BCUT2D eigenvalue weighted by molar-refractivity contribution is 0.138. The Balaban J connectivity index is 2.09. The summed E-state index contributed by atoms with van der Waals surface area (Å²) in [5.74, 6) is 4.59. The monoisotopic (exact) mass is 130 g/mol. The summed E-state index contributed by atoms with van der Waals surface area (Å²) in [5, 5.41) is 2.58. The van der Waals surface area contributed by atoms with Crippen LogP contribution in [-0.4, -0.2) is 12.1 Å². The molecule has 0 spiro atoms. The zero-order valence-electron chi connectivity index (χ0n) is 5.09. The minimum atomic E-state index is -0.528. The van der Waals surface area contributed by atoms with Crippen molar-refractivity contribution in [1.29, 1.82) is 0 Å². The highest BCUT2D eigenvalue weighted by Gasteiger charge is 2.19. The maximum Gasteiger partial charge on any atom is 0.426 e. The molecule has 3 N–H and O–H groups in total. The van der Waals surface area contributed by atoms with E-state index < -0.39 is 6.09 Å². The van der Waals surface area contributed by atoms with Gasteiger partial charge in [0.15, 0.2) is 0 Å². The zero-order chi connectivity index (χ0) is 6.69. The molecule has 1 aliphatic rings. The molecule has 0 radical (unpaired) electrons. The molecule has 1 rings (SSSR count). The van der Waals surface area contributed by atoms with Gasteiger partial charge in [0.25, 0.3) is 0 Å². The quantitative estimate of drug-likeness (QED) is 0.496. The molecule has 0 unspecified atom stereocenters. The van der Waals surface area contributed by atoms with Gasteiger partial charge in [0.1, 0.15) is 0 Å². The van der Waals surface area contributed by atoms with E-state index in [1.165, 1.54) is 6.42 Å². The smallest absolute Gasteiger partial charge is 0.357 e. The van der Waals surface area contributed by atoms with Crippen molar-refractivity contribution in [2.24, 2.45) is 5.90 Å². The molecule has 52 valence electrons. The fourth-order valence-electron chi connectivity index (χ4n) is 0.753. The van der Waals surface area contributed by atoms with Gasteiger partial charge in [-0.15, -0.1) is 0 Å². The number of carbonyl (C=O) groups is 1. The Morgan fingerprint density at radius 3 is 2.67 bits per heavy atom. The second kappa shape index (κ2) is 2.68. The third-order valence-electron chi connectivity index (χ3n) is 1.53. The molecule has 0 bridgehead atoms. The van der Waals surface area contributed by atoms with Crippen molar-refractivity contribution in [3.05, 3.63) is 0 Å². The van der Waals surface area contributed by atoms with E-state index in [1.807, 2.05) is 0 Å². The van der Waals surface area contributed by atoms with Gasteiger partial charge in [-0.25, -0.2) is 4.79 Å². The molecule has 4 heteroatoms. The first kappa shape index (κ1) is 6.35. The standard InChI is InChI=1S/C5H10N2O2/c6-9-5(8)7-4-2-1-3-4/h4H,1-3,6H2,(H,7,8). The number of nitrogens with two attached hydrogens (primary N) is 1. The van der Waals surface area contributed by atoms with Gasteiger partial charge in [-0.3, -0.25) is 0 Å². The molecular weight excluding hydrogens is 120 g/mol. The summed E-state index contributed by atoms with van der Waals surface area (Å²) in [7, 11) is 0. The first-order valence-corrected chi connectivity index (χ1v) is 3.00. The van der Waals surface area contributed by atoms with Crippen LogP contribution in [0.2, 0.25) is 0 Å². The van der Waals surface area contributed by atoms with E-state index in [2.05, 4.69) is 16.1 Å². The van der Waals surface area contributed by atoms with E-state index in [-0.39, 0.29) is 0 Å². The number of nitrogens with one attached hydrogen (secondary N) is 1. The maximum atomic E-state index is 10.4. The highest BCUT2D eigenvalue weighted by Crippen LogP contribution is 2.17. The molecule has 0 saturated heterocycles. The fraction of sp³-hybridized carbons (Fsp3) is 0.800. The Bertz CT molecular complexity index is 112. The van der Waals surface area contributed by atoms with Gasteiger partial charge in [-0.2, -0.15) is 5.90 Å². The summed E-state index contributed by atoms with van der Waals surface area (Å²) in [6, 6.07) is 0.307. The van der Waals surface area contributed by atoms with Crippen molar-refractivity contribution in [2.75, 3.05) is 0 Å². The first-order chi connectivity index (χ1) is 4.33. The second-order valence-corrected chi connectivity index (χ2v) is 2.18. The summed E-state index contributed by atoms with van der Waals surface area (Å²) in [5.41, 5.74) is 0. The van der Waals surface area contributed by atoms with E-state index in [9.17, 15) is 4.79 Å². The number of carbonyl (C=O) groups excluding carboxylic acids is 1. The molecule has 0 aromatic heterocycles. The molecule has 4 nitrogen and oxygen atoms in total. The molecule has 1 fully saturated rings. The molecule has 0 aromatic rings. The van der Waals surface area contributed by atoms with Crippen LogP contribution >= 0.6 is 0 Å². The lowest BCUT2D eigenvalue weighted by Gasteiger charge is -2.24. The van der Waals surface area contributed by atoms with Crippen LogP contribution in [-0.2, 0) is 4.84 Å². The molecule has 0 aliphatic heterocycles. The maximum absolute atomic E-state index is 10.4. The van der Waals surface area contributed by atoms with Gasteiger partial charge in [0.05, 0.1) is 0 Å². The van der Waals surface area contributed by atoms with Crippen LogP contribution in [0.3, 0.4) is 0 Å². The van der Waals surface area contributed by atoms with Gasteiger partial charge < -0.3 is 10.2 Å². The van der Waals surface area contributed by atoms with Crippen LogP contribution in [0, 0.1) is 0 Å². The summed E-state index contributed by atoms with van der Waals surface area (Å²) in [6.07, 6.45) is 2.76. The van der Waals surface area contributed by atoms with E-state index in [0.29, 0.717) is 6.04 Å². The molecule has 0 atom stereocenters. The zero-order valence-corrected chi connectivity index (χ0v) is 5.09. The largest absolute Gasteiger partial charge is 0.426 e. The van der Waals surface area contributed by atoms with Gasteiger partial charge >= 0.3 is 6.09 Å².